The van der Waals surface area contributed by atoms with Crippen LogP contribution in [0.5, 0.6) is 0 Å². The Balaban J connectivity index is 2.35. The highest BCUT2D eigenvalue weighted by molar-refractivity contribution is 4.78. The molecule has 1 aliphatic carbocycles. The third kappa shape index (κ3) is 2.14. The van der Waals surface area contributed by atoms with Crippen LogP contribution in [0.4, 0.5) is 8.78 Å². The minimum Gasteiger partial charge on any atom is -0.210 e. The van der Waals surface area contributed by atoms with Crippen molar-refractivity contribution in [3.05, 3.63) is 0 Å². The van der Waals surface area contributed by atoms with Crippen LogP contribution in [-0.2, 0) is 0 Å². The van der Waals surface area contributed by atoms with Gasteiger partial charge >= 0.3 is 0 Å². The van der Waals surface area contributed by atoms with E-state index < -0.39 is 6.43 Å². The average molecular weight is 162 g/mol. The van der Waals surface area contributed by atoms with E-state index in [1.807, 2.05) is 0 Å². The van der Waals surface area contributed by atoms with E-state index >= 15 is 0 Å². The lowest BCUT2D eigenvalue weighted by molar-refractivity contribution is 0.0771. The lowest BCUT2D eigenvalue weighted by Gasteiger charge is -2.13. The Kier molecular flexibility index (Phi) is 2.85. The summed E-state index contributed by atoms with van der Waals surface area (Å²) >= 11 is 0. The molecule has 0 heterocycles. The fourth-order valence-electron chi connectivity index (χ4n) is 1.89. The van der Waals surface area contributed by atoms with Crippen molar-refractivity contribution < 1.29 is 8.78 Å². The third-order valence-corrected chi connectivity index (χ3v) is 2.81. The number of halogens is 2. The molecule has 2 atom stereocenters. The molecule has 1 rings (SSSR count). The van der Waals surface area contributed by atoms with E-state index in [0.717, 1.165) is 19.3 Å². The van der Waals surface area contributed by atoms with Crippen molar-refractivity contribution in [3.63, 3.8) is 0 Å². The molecule has 0 nitrogen and oxygen atoms in total. The lowest BCUT2D eigenvalue weighted by Crippen LogP contribution is -2.09. The van der Waals surface area contributed by atoms with Gasteiger partial charge in [0.25, 0.3) is 0 Å². The number of alkyl halides is 2. The minimum atomic E-state index is -2.08. The van der Waals surface area contributed by atoms with Gasteiger partial charge in [-0.3, -0.25) is 0 Å². The first-order chi connectivity index (χ1) is 5.11. The van der Waals surface area contributed by atoms with Gasteiger partial charge in [-0.1, -0.05) is 13.8 Å². The Morgan fingerprint density at radius 1 is 1.09 bits per heavy atom. The van der Waals surface area contributed by atoms with Crippen molar-refractivity contribution in [2.75, 3.05) is 0 Å². The molecule has 0 bridgehead atoms. The maximum absolute atomic E-state index is 12.2. The molecule has 0 amide bonds. The fraction of sp³-hybridized carbons (Fsp3) is 1.00. The van der Waals surface area contributed by atoms with Crippen molar-refractivity contribution in [1.29, 1.82) is 0 Å². The van der Waals surface area contributed by atoms with Gasteiger partial charge < -0.3 is 0 Å². The van der Waals surface area contributed by atoms with Crippen LogP contribution >= 0.6 is 0 Å². The highest BCUT2D eigenvalue weighted by atomic mass is 19.3. The van der Waals surface area contributed by atoms with Crippen LogP contribution < -0.4 is 0 Å². The van der Waals surface area contributed by atoms with Gasteiger partial charge in [0.05, 0.1) is 0 Å². The van der Waals surface area contributed by atoms with Crippen molar-refractivity contribution in [2.24, 2.45) is 17.8 Å². The quantitative estimate of drug-likeness (QED) is 0.584. The van der Waals surface area contributed by atoms with Crippen LogP contribution in [0, 0.1) is 17.8 Å². The van der Waals surface area contributed by atoms with Gasteiger partial charge in [-0.2, -0.15) is 0 Å². The molecule has 66 valence electrons. The van der Waals surface area contributed by atoms with Gasteiger partial charge in [0.1, 0.15) is 0 Å². The highest BCUT2D eigenvalue weighted by Crippen LogP contribution is 2.38. The first kappa shape index (κ1) is 8.95. The van der Waals surface area contributed by atoms with Crippen LogP contribution in [-0.4, -0.2) is 6.43 Å². The second-order valence-electron chi connectivity index (χ2n) is 3.91. The van der Waals surface area contributed by atoms with Crippen LogP contribution in [0.3, 0.4) is 0 Å². The van der Waals surface area contributed by atoms with E-state index in [1.54, 1.807) is 0 Å². The summed E-state index contributed by atoms with van der Waals surface area (Å²) < 4.78 is 24.4. The van der Waals surface area contributed by atoms with Crippen molar-refractivity contribution in [2.45, 2.75) is 39.5 Å². The predicted octanol–water partition coefficient (Wildman–Crippen LogP) is 3.32. The standard InChI is InChI=1S/C9H16F2/c1-6(2)7-3-4-8(5-7)9(10)11/h6-9H,3-5H2,1-2H3. The van der Waals surface area contributed by atoms with E-state index in [2.05, 4.69) is 13.8 Å². The molecule has 0 N–H and O–H groups in total. The Labute approximate surface area is 67.0 Å². The van der Waals surface area contributed by atoms with E-state index in [0.29, 0.717) is 11.8 Å². The van der Waals surface area contributed by atoms with Crippen LogP contribution in [0.2, 0.25) is 0 Å². The summed E-state index contributed by atoms with van der Waals surface area (Å²) in [4.78, 5) is 0. The summed E-state index contributed by atoms with van der Waals surface area (Å²) in [5.74, 6) is 0.829. The first-order valence-corrected chi connectivity index (χ1v) is 4.39. The molecule has 0 aromatic rings. The van der Waals surface area contributed by atoms with Crippen LogP contribution in [0.25, 0.3) is 0 Å². The van der Waals surface area contributed by atoms with E-state index in [4.69, 9.17) is 0 Å². The molecule has 2 heteroatoms. The molecule has 11 heavy (non-hydrogen) atoms. The molecule has 0 aromatic heterocycles. The van der Waals surface area contributed by atoms with Crippen molar-refractivity contribution in [3.8, 4) is 0 Å². The van der Waals surface area contributed by atoms with Gasteiger partial charge in [-0.15, -0.1) is 0 Å². The van der Waals surface area contributed by atoms with Crippen LogP contribution in [0.15, 0.2) is 0 Å². The van der Waals surface area contributed by atoms with Crippen LogP contribution in [0.1, 0.15) is 33.1 Å². The van der Waals surface area contributed by atoms with E-state index in [1.165, 1.54) is 0 Å². The summed E-state index contributed by atoms with van der Waals surface area (Å²) in [6, 6.07) is 0. The van der Waals surface area contributed by atoms with Crippen molar-refractivity contribution in [1.82, 2.24) is 0 Å². The normalized spacial score (nSPS) is 32.2. The van der Waals surface area contributed by atoms with Gasteiger partial charge in [-0.05, 0) is 31.1 Å². The molecule has 1 aliphatic rings. The maximum Gasteiger partial charge on any atom is 0.241 e. The summed E-state index contributed by atoms with van der Waals surface area (Å²) in [5, 5.41) is 0. The molecule has 1 fully saturated rings. The Hall–Kier alpha value is -0.140. The SMILES string of the molecule is CC(C)C1CCC(C(F)F)C1. The molecule has 0 spiro atoms. The summed E-state index contributed by atoms with van der Waals surface area (Å²) in [5.41, 5.74) is 0. The molecule has 0 radical (unpaired) electrons. The molecular formula is C9H16F2. The van der Waals surface area contributed by atoms with Gasteiger partial charge in [0, 0.05) is 5.92 Å². The van der Waals surface area contributed by atoms with Gasteiger partial charge in [0.2, 0.25) is 6.43 Å². The van der Waals surface area contributed by atoms with E-state index in [-0.39, 0.29) is 5.92 Å². The topological polar surface area (TPSA) is 0 Å². The van der Waals surface area contributed by atoms with Crippen molar-refractivity contribution >= 4 is 0 Å². The third-order valence-electron chi connectivity index (χ3n) is 2.81. The molecular weight excluding hydrogens is 146 g/mol. The number of hydrogen-bond acceptors (Lipinski definition) is 0. The Morgan fingerprint density at radius 2 is 1.64 bits per heavy atom. The predicted molar refractivity (Wildman–Crippen MR) is 41.7 cm³/mol. The lowest BCUT2D eigenvalue weighted by atomic mass is 9.93. The zero-order valence-electron chi connectivity index (χ0n) is 7.19. The summed E-state index contributed by atoms with van der Waals surface area (Å²) in [7, 11) is 0. The minimum absolute atomic E-state index is 0.303. The molecule has 0 saturated heterocycles. The molecule has 0 aromatic carbocycles. The second-order valence-corrected chi connectivity index (χ2v) is 3.91. The number of rotatable bonds is 2. The van der Waals surface area contributed by atoms with E-state index in [9.17, 15) is 8.78 Å². The maximum atomic E-state index is 12.2. The fourth-order valence-corrected chi connectivity index (χ4v) is 1.89. The zero-order valence-corrected chi connectivity index (χ0v) is 7.19. The van der Waals surface area contributed by atoms with Gasteiger partial charge in [0.15, 0.2) is 0 Å². The molecule has 2 unspecified atom stereocenters. The first-order valence-electron chi connectivity index (χ1n) is 4.39. The molecule has 1 saturated carbocycles. The number of hydrogen-bond donors (Lipinski definition) is 0. The second kappa shape index (κ2) is 3.51. The Bertz CT molecular complexity index is 107. The monoisotopic (exact) mass is 162 g/mol. The average Bonchev–Trinajstić information content (AvgIpc) is 2.33. The smallest absolute Gasteiger partial charge is 0.210 e. The Morgan fingerprint density at radius 3 is 1.91 bits per heavy atom. The largest absolute Gasteiger partial charge is 0.241 e. The summed E-state index contributed by atoms with van der Waals surface area (Å²) in [6.07, 6.45) is 0.404. The highest BCUT2D eigenvalue weighted by Gasteiger charge is 2.31. The van der Waals surface area contributed by atoms with Gasteiger partial charge in [-0.25, -0.2) is 8.78 Å². The summed E-state index contributed by atoms with van der Waals surface area (Å²) in [6.45, 7) is 4.25. The molecule has 0 aliphatic heterocycles. The zero-order chi connectivity index (χ0) is 8.43.